The minimum absolute atomic E-state index is 0.212. The van der Waals surface area contributed by atoms with Gasteiger partial charge in [-0.2, -0.15) is 8.42 Å². The molecule has 0 unspecified atom stereocenters. The quantitative estimate of drug-likeness (QED) is 0.804. The van der Waals surface area contributed by atoms with E-state index >= 15 is 0 Å². The van der Waals surface area contributed by atoms with Crippen LogP contribution in [-0.2, 0) is 21.3 Å². The Morgan fingerprint density at radius 3 is 2.55 bits per heavy atom. The van der Waals surface area contributed by atoms with E-state index in [9.17, 15) is 17.8 Å². The van der Waals surface area contributed by atoms with Gasteiger partial charge in [-0.25, -0.2) is 4.79 Å². The Kier molecular flexibility index (Phi) is 3.51. The first-order valence-corrected chi connectivity index (χ1v) is 7.63. The van der Waals surface area contributed by atoms with Crippen molar-refractivity contribution < 1.29 is 22.5 Å². The zero-order valence-electron chi connectivity index (χ0n) is 11.6. The molecule has 1 heterocycles. The number of rotatable bonds is 1. The van der Waals surface area contributed by atoms with Crippen LogP contribution in [-0.4, -0.2) is 31.2 Å². The molecule has 1 N–H and O–H groups in total. The summed E-state index contributed by atoms with van der Waals surface area (Å²) in [6.45, 7) is 5.53. The number of benzene rings is 1. The number of ether oxygens (including phenoxy) is 1. The van der Waals surface area contributed by atoms with Crippen molar-refractivity contribution in [2.45, 2.75) is 37.7 Å². The highest BCUT2D eigenvalue weighted by atomic mass is 32.2. The standard InChI is InChI=1S/C13H17NO5S/c1-13(2,3)19-12(15)14-8-7-9-5-4-6-10(11(9)14)20(16,17)18/h4-6H,7-8H2,1-3H3,(H,16,17,18). The molecule has 20 heavy (non-hydrogen) atoms. The van der Waals surface area contributed by atoms with Gasteiger partial charge in [0.1, 0.15) is 10.5 Å². The van der Waals surface area contributed by atoms with Gasteiger partial charge in [0.05, 0.1) is 5.69 Å². The van der Waals surface area contributed by atoms with E-state index in [4.69, 9.17) is 4.74 Å². The summed E-state index contributed by atoms with van der Waals surface area (Å²) in [5, 5.41) is 0. The van der Waals surface area contributed by atoms with Gasteiger partial charge in [-0.1, -0.05) is 12.1 Å². The number of amides is 1. The highest BCUT2D eigenvalue weighted by Gasteiger charge is 2.33. The Bertz CT molecular complexity index is 645. The number of hydrogen-bond donors (Lipinski definition) is 1. The molecule has 1 aromatic rings. The van der Waals surface area contributed by atoms with Gasteiger partial charge in [-0.3, -0.25) is 9.45 Å². The molecule has 0 saturated heterocycles. The second-order valence-electron chi connectivity index (χ2n) is 5.62. The Morgan fingerprint density at radius 1 is 1.35 bits per heavy atom. The van der Waals surface area contributed by atoms with Crippen molar-refractivity contribution in [3.8, 4) is 0 Å². The van der Waals surface area contributed by atoms with E-state index in [-0.39, 0.29) is 10.6 Å². The largest absolute Gasteiger partial charge is 0.443 e. The topological polar surface area (TPSA) is 83.9 Å². The fourth-order valence-electron chi connectivity index (χ4n) is 2.13. The Hall–Kier alpha value is -1.60. The molecule has 0 radical (unpaired) electrons. The van der Waals surface area contributed by atoms with Gasteiger partial charge < -0.3 is 4.74 Å². The molecule has 0 aliphatic carbocycles. The van der Waals surface area contributed by atoms with Crippen molar-refractivity contribution in [1.82, 2.24) is 0 Å². The van der Waals surface area contributed by atoms with Gasteiger partial charge in [0.15, 0.2) is 0 Å². The predicted octanol–water partition coefficient (Wildman–Crippen LogP) is 2.23. The summed E-state index contributed by atoms with van der Waals surface area (Å²) in [4.78, 5) is 13.1. The number of carbonyl (C=O) groups excluding carboxylic acids is 1. The Balaban J connectivity index is 2.44. The van der Waals surface area contributed by atoms with Gasteiger partial charge in [0.25, 0.3) is 10.1 Å². The average molecular weight is 299 g/mol. The molecule has 7 heteroatoms. The molecule has 1 aliphatic heterocycles. The lowest BCUT2D eigenvalue weighted by molar-refractivity contribution is 0.0583. The molecule has 2 rings (SSSR count). The van der Waals surface area contributed by atoms with E-state index < -0.39 is 21.8 Å². The minimum atomic E-state index is -4.39. The Morgan fingerprint density at radius 2 is 2.00 bits per heavy atom. The summed E-state index contributed by atoms with van der Waals surface area (Å²) in [6.07, 6.45) is -0.0925. The van der Waals surface area contributed by atoms with E-state index in [2.05, 4.69) is 0 Å². The molecular formula is C13H17NO5S. The molecule has 0 atom stereocenters. The van der Waals surface area contributed by atoms with Crippen molar-refractivity contribution in [2.24, 2.45) is 0 Å². The normalized spacial score (nSPS) is 15.1. The summed E-state index contributed by atoms with van der Waals surface area (Å²) >= 11 is 0. The third kappa shape index (κ3) is 2.94. The fourth-order valence-corrected chi connectivity index (χ4v) is 2.86. The monoisotopic (exact) mass is 299 g/mol. The maximum absolute atomic E-state index is 12.1. The van der Waals surface area contributed by atoms with Gasteiger partial charge in [0.2, 0.25) is 0 Å². The maximum Gasteiger partial charge on any atom is 0.414 e. The van der Waals surface area contributed by atoms with Crippen molar-refractivity contribution in [2.75, 3.05) is 11.4 Å². The van der Waals surface area contributed by atoms with Crippen LogP contribution in [0.5, 0.6) is 0 Å². The van der Waals surface area contributed by atoms with Crippen LogP contribution in [0.2, 0.25) is 0 Å². The lowest BCUT2D eigenvalue weighted by Crippen LogP contribution is -2.36. The van der Waals surface area contributed by atoms with Crippen molar-refractivity contribution in [3.63, 3.8) is 0 Å². The van der Waals surface area contributed by atoms with Gasteiger partial charge in [-0.05, 0) is 38.8 Å². The molecule has 0 aromatic heterocycles. The van der Waals surface area contributed by atoms with Crippen molar-refractivity contribution in [1.29, 1.82) is 0 Å². The van der Waals surface area contributed by atoms with E-state index in [1.54, 1.807) is 32.9 Å². The van der Waals surface area contributed by atoms with Crippen LogP contribution >= 0.6 is 0 Å². The first kappa shape index (κ1) is 14.8. The molecular weight excluding hydrogens is 282 g/mol. The summed E-state index contributed by atoms with van der Waals surface area (Å²) in [7, 11) is -4.39. The third-order valence-electron chi connectivity index (χ3n) is 2.85. The van der Waals surface area contributed by atoms with Crippen LogP contribution in [0.3, 0.4) is 0 Å². The number of para-hydroxylation sites is 1. The first-order valence-electron chi connectivity index (χ1n) is 6.19. The van der Waals surface area contributed by atoms with E-state index in [1.165, 1.54) is 11.0 Å². The van der Waals surface area contributed by atoms with Crippen molar-refractivity contribution >= 4 is 21.9 Å². The first-order chi connectivity index (χ1) is 9.09. The van der Waals surface area contributed by atoms with Crippen LogP contribution < -0.4 is 4.90 Å². The fraction of sp³-hybridized carbons (Fsp3) is 0.462. The van der Waals surface area contributed by atoms with Crippen LogP contribution in [0.4, 0.5) is 10.5 Å². The number of carbonyl (C=O) groups is 1. The van der Waals surface area contributed by atoms with E-state index in [1.807, 2.05) is 0 Å². The second-order valence-corrected chi connectivity index (χ2v) is 7.01. The van der Waals surface area contributed by atoms with Crippen LogP contribution in [0, 0.1) is 0 Å². The number of hydrogen-bond acceptors (Lipinski definition) is 4. The molecule has 1 aliphatic rings. The highest BCUT2D eigenvalue weighted by molar-refractivity contribution is 7.86. The summed E-state index contributed by atoms with van der Waals surface area (Å²) < 4.78 is 37.4. The number of nitrogens with zero attached hydrogens (tertiary/aromatic N) is 1. The lowest BCUT2D eigenvalue weighted by Gasteiger charge is -2.25. The average Bonchev–Trinajstić information content (AvgIpc) is 2.68. The summed E-state index contributed by atoms with van der Waals surface area (Å²) in [6, 6.07) is 4.55. The number of fused-ring (bicyclic) bond motifs is 1. The van der Waals surface area contributed by atoms with Gasteiger partial charge in [-0.15, -0.1) is 0 Å². The van der Waals surface area contributed by atoms with Crippen LogP contribution in [0.1, 0.15) is 26.3 Å². The predicted molar refractivity (Wildman–Crippen MR) is 73.5 cm³/mol. The minimum Gasteiger partial charge on any atom is -0.443 e. The molecule has 0 bridgehead atoms. The maximum atomic E-state index is 12.1. The third-order valence-corrected chi connectivity index (χ3v) is 3.73. The lowest BCUT2D eigenvalue weighted by atomic mass is 10.2. The summed E-state index contributed by atoms with van der Waals surface area (Å²) in [5.74, 6) is 0. The van der Waals surface area contributed by atoms with E-state index in [0.29, 0.717) is 18.5 Å². The van der Waals surface area contributed by atoms with Crippen LogP contribution in [0.25, 0.3) is 0 Å². The Labute approximate surface area is 118 Å². The van der Waals surface area contributed by atoms with Gasteiger partial charge >= 0.3 is 6.09 Å². The van der Waals surface area contributed by atoms with Gasteiger partial charge in [0, 0.05) is 6.54 Å². The van der Waals surface area contributed by atoms with E-state index in [0.717, 1.165) is 0 Å². The van der Waals surface area contributed by atoms with Crippen molar-refractivity contribution in [3.05, 3.63) is 23.8 Å². The highest BCUT2D eigenvalue weighted by Crippen LogP contribution is 2.35. The SMILES string of the molecule is CC(C)(C)OC(=O)N1CCc2cccc(S(=O)(=O)O)c21. The summed E-state index contributed by atoms with van der Waals surface area (Å²) in [5.41, 5.74) is 0.239. The molecule has 0 saturated carbocycles. The zero-order chi connectivity index (χ0) is 15.1. The second kappa shape index (κ2) is 4.75. The smallest absolute Gasteiger partial charge is 0.414 e. The van der Waals surface area contributed by atoms with Crippen LogP contribution in [0.15, 0.2) is 23.1 Å². The molecule has 0 spiro atoms. The molecule has 110 valence electrons. The molecule has 1 amide bonds. The molecule has 0 fully saturated rings. The number of anilines is 1. The zero-order valence-corrected chi connectivity index (χ0v) is 12.4. The molecule has 6 nitrogen and oxygen atoms in total. The molecule has 1 aromatic carbocycles.